The predicted octanol–water partition coefficient (Wildman–Crippen LogP) is 3.15. The summed E-state index contributed by atoms with van der Waals surface area (Å²) in [6, 6.07) is 6.29. The number of rotatable bonds is 6. The summed E-state index contributed by atoms with van der Waals surface area (Å²) in [6.07, 6.45) is -2.62. The molecule has 0 radical (unpaired) electrons. The lowest BCUT2D eigenvalue weighted by atomic mass is 10.0. The second kappa shape index (κ2) is 11.1. The molecule has 40 heavy (non-hydrogen) atoms. The lowest BCUT2D eigenvalue weighted by Crippen LogP contribution is -3.06. The summed E-state index contributed by atoms with van der Waals surface area (Å²) in [5.41, 5.74) is 7.07. The minimum atomic E-state index is -4.73. The molecule has 4 heterocycles. The van der Waals surface area contributed by atoms with Crippen molar-refractivity contribution < 1.29 is 31.6 Å². The number of alkyl halides is 5. The molecule has 214 valence electrons. The molecule has 3 atom stereocenters. The highest BCUT2D eigenvalue weighted by Crippen LogP contribution is 2.33. The number of fused-ring (bicyclic) bond motifs is 1. The first-order chi connectivity index (χ1) is 18.9. The topological polar surface area (TPSA) is 101 Å². The van der Waals surface area contributed by atoms with Gasteiger partial charge in [-0.15, -0.1) is 0 Å². The average Bonchev–Trinajstić information content (AvgIpc) is 3.35. The zero-order valence-corrected chi connectivity index (χ0v) is 22.1. The smallest absolute Gasteiger partial charge is 0.350 e. The van der Waals surface area contributed by atoms with Gasteiger partial charge in [0, 0.05) is 68.3 Å². The van der Waals surface area contributed by atoms with Gasteiger partial charge < -0.3 is 11.1 Å². The van der Waals surface area contributed by atoms with Crippen LogP contribution < -0.4 is 16.0 Å². The fraction of sp³-hybridized carbons (Fsp3) is 0.462. The maximum Gasteiger partial charge on any atom is 0.451 e. The van der Waals surface area contributed by atoms with Crippen LogP contribution in [0.5, 0.6) is 0 Å². The number of carbonyl (C=O) groups excluding carboxylic acids is 1. The number of piperidine rings is 1. The first-order valence-corrected chi connectivity index (χ1v) is 13.3. The van der Waals surface area contributed by atoms with Crippen LogP contribution in [-0.2, 0) is 6.18 Å². The van der Waals surface area contributed by atoms with E-state index in [2.05, 4.69) is 15.3 Å². The normalized spacial score (nSPS) is 22.4. The largest absolute Gasteiger partial charge is 0.451 e. The van der Waals surface area contributed by atoms with Crippen molar-refractivity contribution in [1.82, 2.24) is 25.2 Å². The Morgan fingerprint density at radius 1 is 1.18 bits per heavy atom. The second-order valence-electron chi connectivity index (χ2n) is 10.2. The van der Waals surface area contributed by atoms with Crippen LogP contribution in [0, 0.1) is 0 Å². The van der Waals surface area contributed by atoms with Crippen molar-refractivity contribution in [1.29, 1.82) is 0 Å². The number of nitrogens with one attached hydrogen (secondary N) is 2. The number of pyridine rings is 1. The summed E-state index contributed by atoms with van der Waals surface area (Å²) in [6.45, 7) is 1.50. The van der Waals surface area contributed by atoms with Gasteiger partial charge in [0.05, 0.1) is 41.3 Å². The Bertz CT molecular complexity index is 1380. The highest BCUT2D eigenvalue weighted by atomic mass is 35.5. The van der Waals surface area contributed by atoms with Crippen LogP contribution >= 0.6 is 11.6 Å². The molecule has 8 nitrogen and oxygen atoms in total. The zero-order valence-electron chi connectivity index (χ0n) is 21.3. The van der Waals surface area contributed by atoms with Gasteiger partial charge in [0.2, 0.25) is 11.6 Å². The third kappa shape index (κ3) is 6.17. The molecular formula is C26H28ClF5N7O+. The number of likely N-dealkylation sites (tertiary alicyclic amines) is 1. The first-order valence-electron chi connectivity index (χ1n) is 12.9. The molecule has 5 rings (SSSR count). The van der Waals surface area contributed by atoms with E-state index in [1.54, 1.807) is 23.1 Å². The summed E-state index contributed by atoms with van der Waals surface area (Å²) in [5.74, 6) is -3.85. The number of aromatic nitrogens is 3. The number of nitrogens with zero attached hydrogens (tertiary/aromatic N) is 4. The van der Waals surface area contributed by atoms with Crippen molar-refractivity contribution in [3.63, 3.8) is 0 Å². The molecule has 0 aliphatic carbocycles. The van der Waals surface area contributed by atoms with Crippen molar-refractivity contribution in [3.8, 4) is 0 Å². The monoisotopic (exact) mass is 584 g/mol. The van der Waals surface area contributed by atoms with Crippen LogP contribution in [0.2, 0.25) is 5.02 Å². The third-order valence-electron chi connectivity index (χ3n) is 7.47. The van der Waals surface area contributed by atoms with Gasteiger partial charge in [-0.05, 0) is 18.2 Å². The number of amides is 1. The van der Waals surface area contributed by atoms with Gasteiger partial charge in [-0.2, -0.15) is 18.2 Å². The van der Waals surface area contributed by atoms with Crippen LogP contribution in [0.3, 0.4) is 0 Å². The molecule has 2 aliphatic rings. The van der Waals surface area contributed by atoms with Crippen LogP contribution in [0.15, 0.2) is 36.7 Å². The fourth-order valence-corrected chi connectivity index (χ4v) is 5.52. The van der Waals surface area contributed by atoms with Crippen molar-refractivity contribution >= 4 is 34.2 Å². The van der Waals surface area contributed by atoms with Crippen molar-refractivity contribution in [2.75, 3.05) is 32.7 Å². The molecule has 0 saturated carbocycles. The quantitative estimate of drug-likeness (QED) is 0.385. The van der Waals surface area contributed by atoms with Gasteiger partial charge in [0.25, 0.3) is 11.8 Å². The molecule has 2 fully saturated rings. The van der Waals surface area contributed by atoms with Crippen molar-refractivity contribution in [3.05, 3.63) is 58.6 Å². The maximum atomic E-state index is 13.8. The summed E-state index contributed by atoms with van der Waals surface area (Å²) >= 11 is 6.43. The van der Waals surface area contributed by atoms with Gasteiger partial charge in [-0.3, -0.25) is 14.6 Å². The van der Waals surface area contributed by atoms with Gasteiger partial charge in [0.15, 0.2) is 0 Å². The van der Waals surface area contributed by atoms with Crippen molar-refractivity contribution in [2.45, 2.75) is 43.4 Å². The van der Waals surface area contributed by atoms with E-state index in [1.165, 1.54) is 0 Å². The van der Waals surface area contributed by atoms with Gasteiger partial charge >= 0.3 is 6.18 Å². The number of benzene rings is 1. The van der Waals surface area contributed by atoms with Gasteiger partial charge in [0.1, 0.15) is 0 Å². The molecule has 4 N–H and O–H groups in total. The number of nitrogens with two attached hydrogens (primary N) is 1. The highest BCUT2D eigenvalue weighted by Gasteiger charge is 2.38. The van der Waals surface area contributed by atoms with E-state index in [0.717, 1.165) is 42.6 Å². The summed E-state index contributed by atoms with van der Waals surface area (Å²) in [5, 5.41) is 3.52. The standard InChI is InChI=1S/C26H27ClF5N7O/c27-18-2-3-19-17(1-4-21(37-19)39-8-5-16(33)14-39)22(18)23(40)34-13-20(38-9-6-25(28,29)7-10-38)15-11-35-24(36-12-15)26(30,31)32/h1-4,11-12,16,20H,5-10,13-14,33H2,(H,34,40)/p+1. The highest BCUT2D eigenvalue weighted by molar-refractivity contribution is 6.35. The Morgan fingerprint density at radius 2 is 1.88 bits per heavy atom. The fourth-order valence-electron chi connectivity index (χ4n) is 5.27. The molecule has 14 heteroatoms. The Balaban J connectivity index is 1.38. The molecular weight excluding hydrogens is 557 g/mol. The molecule has 2 saturated heterocycles. The molecule has 0 bridgehead atoms. The van der Waals surface area contributed by atoms with Crippen molar-refractivity contribution in [2.24, 2.45) is 5.73 Å². The first kappa shape index (κ1) is 28.5. The number of carbonyl (C=O) groups is 1. The lowest BCUT2D eigenvalue weighted by molar-refractivity contribution is -0.821. The maximum absolute atomic E-state index is 13.8. The molecule has 1 aromatic carbocycles. The molecule has 2 aliphatic heterocycles. The number of halogens is 6. The molecule has 1 amide bonds. The van der Waals surface area contributed by atoms with E-state index in [0.29, 0.717) is 10.9 Å². The Hall–Kier alpha value is -3.00. The predicted molar refractivity (Wildman–Crippen MR) is 138 cm³/mol. The average molecular weight is 585 g/mol. The van der Waals surface area contributed by atoms with E-state index < -0.39 is 42.7 Å². The minimum Gasteiger partial charge on any atom is -0.350 e. The number of hydrogen-bond donors (Lipinski definition) is 3. The summed E-state index contributed by atoms with van der Waals surface area (Å²) in [4.78, 5) is 27.8. The number of quaternary nitrogens is 1. The Morgan fingerprint density at radius 3 is 2.50 bits per heavy atom. The van der Waals surface area contributed by atoms with E-state index in [9.17, 15) is 26.7 Å². The summed E-state index contributed by atoms with van der Waals surface area (Å²) < 4.78 is 66.6. The Labute approximate surface area is 231 Å². The van der Waals surface area contributed by atoms with Gasteiger partial charge in [-0.1, -0.05) is 11.6 Å². The molecule has 3 unspecified atom stereocenters. The van der Waals surface area contributed by atoms with Crippen LogP contribution in [0.25, 0.3) is 10.9 Å². The van der Waals surface area contributed by atoms with Crippen LogP contribution in [0.1, 0.15) is 47.1 Å². The lowest BCUT2D eigenvalue weighted by Gasteiger charge is -2.37. The second-order valence-corrected chi connectivity index (χ2v) is 10.7. The minimum absolute atomic E-state index is 0.0151. The zero-order chi connectivity index (χ0) is 28.7. The van der Waals surface area contributed by atoms with Crippen LogP contribution in [0.4, 0.5) is 27.8 Å². The summed E-state index contributed by atoms with van der Waals surface area (Å²) in [7, 11) is 0. The van der Waals surface area contributed by atoms with E-state index in [4.69, 9.17) is 22.3 Å². The Kier molecular flexibility index (Phi) is 7.92. The number of hydrogen-bond acceptors (Lipinski definition) is 6. The molecule has 2 aromatic heterocycles. The van der Waals surface area contributed by atoms with Crippen LogP contribution in [-0.4, -0.2) is 70.4 Å². The van der Waals surface area contributed by atoms with E-state index >= 15 is 0 Å². The van der Waals surface area contributed by atoms with E-state index in [-0.39, 0.29) is 41.8 Å². The SMILES string of the molecule is NC1CC[NH+](c2ccc3c(C(=O)NCC(c4cnc(C(F)(F)F)nc4)N4CCC(F)(F)CC4)c(Cl)ccc3n2)C1. The van der Waals surface area contributed by atoms with Gasteiger partial charge in [-0.25, -0.2) is 18.7 Å². The molecule has 0 spiro atoms. The molecule has 3 aromatic rings. The van der Waals surface area contributed by atoms with E-state index in [1.807, 2.05) is 6.07 Å². The third-order valence-corrected chi connectivity index (χ3v) is 7.79.